The van der Waals surface area contributed by atoms with Crippen molar-refractivity contribution in [1.82, 2.24) is 5.32 Å². The summed E-state index contributed by atoms with van der Waals surface area (Å²) in [5.41, 5.74) is 0.438. The molecule has 13 heavy (non-hydrogen) atoms. The van der Waals surface area contributed by atoms with Crippen LogP contribution in [0.2, 0.25) is 0 Å². The molecule has 0 aromatic rings. The van der Waals surface area contributed by atoms with Crippen LogP contribution in [-0.4, -0.2) is 23.0 Å². The van der Waals surface area contributed by atoms with Gasteiger partial charge >= 0.3 is 0 Å². The summed E-state index contributed by atoms with van der Waals surface area (Å²) in [6.07, 6.45) is 0.959. The van der Waals surface area contributed by atoms with Gasteiger partial charge in [-0.2, -0.15) is 0 Å². The minimum atomic E-state index is -0.669. The van der Waals surface area contributed by atoms with Gasteiger partial charge in [0.2, 0.25) is 0 Å². The van der Waals surface area contributed by atoms with E-state index in [9.17, 15) is 9.90 Å². The molecule has 2 N–H and O–H groups in total. The van der Waals surface area contributed by atoms with E-state index >= 15 is 0 Å². The Bertz CT molecular complexity index is 250. The Morgan fingerprint density at radius 3 is 2.31 bits per heavy atom. The van der Waals surface area contributed by atoms with E-state index < -0.39 is 6.10 Å². The number of nitrogens with one attached hydrogen (secondary N) is 1. The summed E-state index contributed by atoms with van der Waals surface area (Å²) in [5.74, 6) is -0.0632. The van der Waals surface area contributed by atoms with Gasteiger partial charge in [0.25, 0.3) is 0 Å². The van der Waals surface area contributed by atoms with E-state index in [-0.39, 0.29) is 17.2 Å². The normalized spacial score (nSPS) is 28.2. The lowest BCUT2D eigenvalue weighted by Crippen LogP contribution is -2.43. The van der Waals surface area contributed by atoms with Gasteiger partial charge in [-0.15, -0.1) is 0 Å². The second-order valence-corrected chi connectivity index (χ2v) is 4.61. The van der Waals surface area contributed by atoms with Crippen molar-refractivity contribution in [1.29, 1.82) is 0 Å². The summed E-state index contributed by atoms with van der Waals surface area (Å²) in [7, 11) is 0. The Kier molecular flexibility index (Phi) is 2.48. The van der Waals surface area contributed by atoms with Gasteiger partial charge in [-0.3, -0.25) is 4.79 Å². The lowest BCUT2D eigenvalue weighted by molar-refractivity contribution is -0.114. The lowest BCUT2D eigenvalue weighted by Gasteiger charge is -2.30. The van der Waals surface area contributed by atoms with Gasteiger partial charge < -0.3 is 10.4 Å². The van der Waals surface area contributed by atoms with Gasteiger partial charge in [0.15, 0.2) is 5.78 Å². The van der Waals surface area contributed by atoms with E-state index in [1.54, 1.807) is 6.20 Å². The van der Waals surface area contributed by atoms with E-state index in [0.717, 1.165) is 0 Å². The Morgan fingerprint density at radius 1 is 1.54 bits per heavy atom. The van der Waals surface area contributed by atoms with Gasteiger partial charge in [-0.1, -0.05) is 20.8 Å². The predicted molar refractivity (Wildman–Crippen MR) is 51.1 cm³/mol. The summed E-state index contributed by atoms with van der Waals surface area (Å²) in [6, 6.07) is -0.0635. The van der Waals surface area contributed by atoms with Crippen LogP contribution in [0.5, 0.6) is 0 Å². The maximum Gasteiger partial charge on any atom is 0.159 e. The Labute approximate surface area is 78.8 Å². The van der Waals surface area contributed by atoms with Crippen LogP contribution in [0.15, 0.2) is 11.8 Å². The Balaban J connectivity index is 2.78. The molecule has 0 bridgehead atoms. The monoisotopic (exact) mass is 183 g/mol. The third-order valence-corrected chi connectivity index (χ3v) is 2.39. The molecule has 0 amide bonds. The molecular formula is C10H17NO2. The zero-order valence-corrected chi connectivity index (χ0v) is 8.59. The van der Waals surface area contributed by atoms with Crippen LogP contribution < -0.4 is 5.32 Å². The maximum absolute atomic E-state index is 11.1. The first-order valence-corrected chi connectivity index (χ1v) is 4.49. The SMILES string of the molecule is CC(=O)C1=CNC(C(C)(C)C)C1O. The summed E-state index contributed by atoms with van der Waals surface area (Å²) >= 11 is 0. The van der Waals surface area contributed by atoms with Gasteiger partial charge in [0, 0.05) is 11.8 Å². The number of aliphatic hydroxyl groups excluding tert-OH is 1. The van der Waals surface area contributed by atoms with Crippen LogP contribution in [0.3, 0.4) is 0 Å². The van der Waals surface area contributed by atoms with Crippen molar-refractivity contribution in [2.24, 2.45) is 5.41 Å². The molecule has 0 aliphatic carbocycles. The van der Waals surface area contributed by atoms with Crippen molar-refractivity contribution >= 4 is 5.78 Å². The number of carbonyl (C=O) groups excluding carboxylic acids is 1. The second kappa shape index (κ2) is 3.14. The summed E-state index contributed by atoms with van der Waals surface area (Å²) in [6.45, 7) is 7.57. The van der Waals surface area contributed by atoms with Gasteiger partial charge in [0.05, 0.1) is 6.04 Å². The van der Waals surface area contributed by atoms with Crippen molar-refractivity contribution in [3.63, 3.8) is 0 Å². The fourth-order valence-corrected chi connectivity index (χ4v) is 1.57. The Morgan fingerprint density at radius 2 is 2.08 bits per heavy atom. The number of aliphatic hydroxyl groups is 1. The number of Topliss-reactive ketones (excluding diaryl/α,β-unsaturated/α-hetero) is 1. The summed E-state index contributed by atoms with van der Waals surface area (Å²) in [4.78, 5) is 11.1. The highest BCUT2D eigenvalue weighted by atomic mass is 16.3. The summed E-state index contributed by atoms with van der Waals surface area (Å²) < 4.78 is 0. The number of carbonyl (C=O) groups is 1. The van der Waals surface area contributed by atoms with E-state index in [4.69, 9.17) is 0 Å². The minimum absolute atomic E-state index is 0.0485. The molecule has 2 atom stereocenters. The Hall–Kier alpha value is -0.830. The first-order chi connectivity index (χ1) is 5.84. The second-order valence-electron chi connectivity index (χ2n) is 4.61. The predicted octanol–water partition coefficient (Wildman–Crippen LogP) is 0.838. The third-order valence-electron chi connectivity index (χ3n) is 2.39. The quantitative estimate of drug-likeness (QED) is 0.633. The molecule has 74 valence electrons. The molecule has 0 saturated heterocycles. The average molecular weight is 183 g/mol. The molecule has 2 unspecified atom stereocenters. The number of hydrogen-bond acceptors (Lipinski definition) is 3. The van der Waals surface area contributed by atoms with Gasteiger partial charge in [0.1, 0.15) is 6.10 Å². The van der Waals surface area contributed by atoms with E-state index in [1.807, 2.05) is 20.8 Å². The minimum Gasteiger partial charge on any atom is -0.386 e. The van der Waals surface area contributed by atoms with Crippen LogP contribution in [-0.2, 0) is 4.79 Å². The van der Waals surface area contributed by atoms with Crippen LogP contribution in [0.1, 0.15) is 27.7 Å². The lowest BCUT2D eigenvalue weighted by atomic mass is 9.83. The molecule has 1 rings (SSSR count). The highest BCUT2D eigenvalue weighted by Gasteiger charge is 2.37. The fraction of sp³-hybridized carbons (Fsp3) is 0.700. The van der Waals surface area contributed by atoms with Crippen molar-refractivity contribution in [3.8, 4) is 0 Å². The highest BCUT2D eigenvalue weighted by Crippen LogP contribution is 2.28. The van der Waals surface area contributed by atoms with Crippen LogP contribution >= 0.6 is 0 Å². The molecule has 1 heterocycles. The maximum atomic E-state index is 11.1. The highest BCUT2D eigenvalue weighted by molar-refractivity contribution is 5.94. The largest absolute Gasteiger partial charge is 0.386 e. The first-order valence-electron chi connectivity index (χ1n) is 4.49. The molecule has 1 aliphatic heterocycles. The molecule has 3 heteroatoms. The van der Waals surface area contributed by atoms with Crippen molar-refractivity contribution in [2.75, 3.05) is 0 Å². The topological polar surface area (TPSA) is 49.3 Å². The molecule has 0 aromatic heterocycles. The van der Waals surface area contributed by atoms with Crippen LogP contribution in [0, 0.1) is 5.41 Å². The number of ketones is 1. The van der Waals surface area contributed by atoms with E-state index in [2.05, 4.69) is 5.32 Å². The van der Waals surface area contributed by atoms with Crippen LogP contribution in [0.25, 0.3) is 0 Å². The fourth-order valence-electron chi connectivity index (χ4n) is 1.57. The van der Waals surface area contributed by atoms with Gasteiger partial charge in [-0.25, -0.2) is 0 Å². The molecule has 0 saturated carbocycles. The molecule has 0 spiro atoms. The zero-order chi connectivity index (χ0) is 10.2. The number of hydrogen-bond donors (Lipinski definition) is 2. The zero-order valence-electron chi connectivity index (χ0n) is 8.59. The van der Waals surface area contributed by atoms with E-state index in [0.29, 0.717) is 5.57 Å². The molecule has 0 radical (unpaired) electrons. The first kappa shape index (κ1) is 10.3. The standard InChI is InChI=1S/C10H17NO2/c1-6(12)7-5-11-9(8(7)13)10(2,3)4/h5,8-9,11,13H,1-4H3. The van der Waals surface area contributed by atoms with Crippen molar-refractivity contribution in [3.05, 3.63) is 11.8 Å². The number of rotatable bonds is 1. The van der Waals surface area contributed by atoms with Crippen molar-refractivity contribution in [2.45, 2.75) is 39.8 Å². The average Bonchev–Trinajstić information content (AvgIpc) is 2.28. The molecular weight excluding hydrogens is 166 g/mol. The summed E-state index contributed by atoms with van der Waals surface area (Å²) in [5, 5.41) is 12.8. The van der Waals surface area contributed by atoms with E-state index in [1.165, 1.54) is 6.92 Å². The third kappa shape index (κ3) is 1.91. The molecule has 3 nitrogen and oxygen atoms in total. The van der Waals surface area contributed by atoms with Crippen molar-refractivity contribution < 1.29 is 9.90 Å². The van der Waals surface area contributed by atoms with Gasteiger partial charge in [-0.05, 0) is 12.3 Å². The molecule has 0 aromatic carbocycles. The van der Waals surface area contributed by atoms with Crippen LogP contribution in [0.4, 0.5) is 0 Å². The smallest absolute Gasteiger partial charge is 0.159 e. The molecule has 0 fully saturated rings. The molecule has 1 aliphatic rings.